The second-order valence-corrected chi connectivity index (χ2v) is 7.64. The fourth-order valence-electron chi connectivity index (χ4n) is 4.20. The lowest BCUT2D eigenvalue weighted by atomic mass is 9.77. The van der Waals surface area contributed by atoms with Crippen molar-refractivity contribution in [3.63, 3.8) is 0 Å². The quantitative estimate of drug-likeness (QED) is 0.732. The van der Waals surface area contributed by atoms with E-state index in [4.69, 9.17) is 11.6 Å². The topological polar surface area (TPSA) is 12.0 Å². The molecule has 1 aromatic rings. The van der Waals surface area contributed by atoms with E-state index in [9.17, 15) is 8.78 Å². The Morgan fingerprint density at radius 3 is 2.52 bits per heavy atom. The summed E-state index contributed by atoms with van der Waals surface area (Å²) < 4.78 is 26.3. The largest absolute Gasteiger partial charge is 0.314 e. The number of alkyl halides is 1. The van der Waals surface area contributed by atoms with Crippen molar-refractivity contribution >= 4 is 11.6 Å². The molecule has 1 aromatic carbocycles. The molecule has 0 radical (unpaired) electrons. The van der Waals surface area contributed by atoms with E-state index in [0.717, 1.165) is 43.7 Å². The van der Waals surface area contributed by atoms with Gasteiger partial charge in [-0.3, -0.25) is 0 Å². The Labute approximate surface area is 142 Å². The van der Waals surface area contributed by atoms with Gasteiger partial charge in [0.15, 0.2) is 0 Å². The van der Waals surface area contributed by atoms with Crippen LogP contribution in [-0.2, 0) is 0 Å². The molecule has 2 fully saturated rings. The molecule has 1 N–H and O–H groups in total. The van der Waals surface area contributed by atoms with Crippen molar-refractivity contribution in [1.29, 1.82) is 0 Å². The van der Waals surface area contributed by atoms with Crippen LogP contribution in [-0.4, -0.2) is 18.8 Å². The molecule has 2 aliphatic rings. The van der Waals surface area contributed by atoms with Gasteiger partial charge in [0.1, 0.15) is 12.0 Å². The van der Waals surface area contributed by atoms with Crippen molar-refractivity contribution in [1.82, 2.24) is 5.32 Å². The van der Waals surface area contributed by atoms with Crippen LogP contribution in [0.5, 0.6) is 0 Å². The molecule has 0 bridgehead atoms. The molecule has 4 heteroatoms. The molecular weight excluding hydrogens is 316 g/mol. The molecule has 0 amide bonds. The SMILES string of the molecule is Fc1ccc(C2CCC(CCNC3CCC(F)C3)CC2)c(Cl)c1. The summed E-state index contributed by atoms with van der Waals surface area (Å²) >= 11 is 6.19. The van der Waals surface area contributed by atoms with Crippen LogP contribution in [0, 0.1) is 11.7 Å². The minimum Gasteiger partial charge on any atom is -0.314 e. The Kier molecular flexibility index (Phi) is 5.92. The average Bonchev–Trinajstić information content (AvgIpc) is 2.94. The first kappa shape index (κ1) is 17.2. The van der Waals surface area contributed by atoms with E-state index in [1.165, 1.54) is 31.4 Å². The standard InChI is InChI=1S/C19H26ClF2N/c20-19-12-16(22)6-8-18(19)14-3-1-13(2-4-14)9-10-23-17-7-5-15(21)11-17/h6,8,12-15,17,23H,1-5,7,9-11H2. The van der Waals surface area contributed by atoms with Crippen molar-refractivity contribution in [3.8, 4) is 0 Å². The molecular formula is C19H26ClF2N. The van der Waals surface area contributed by atoms with Crippen LogP contribution < -0.4 is 5.32 Å². The highest BCUT2D eigenvalue weighted by Gasteiger charge is 2.26. The van der Waals surface area contributed by atoms with E-state index in [1.807, 2.05) is 6.07 Å². The van der Waals surface area contributed by atoms with Gasteiger partial charge in [0.05, 0.1) is 0 Å². The van der Waals surface area contributed by atoms with E-state index < -0.39 is 6.17 Å². The van der Waals surface area contributed by atoms with E-state index in [2.05, 4.69) is 5.32 Å². The fraction of sp³-hybridized carbons (Fsp3) is 0.684. The monoisotopic (exact) mass is 341 g/mol. The van der Waals surface area contributed by atoms with Crippen molar-refractivity contribution in [2.75, 3.05) is 6.54 Å². The maximum Gasteiger partial charge on any atom is 0.124 e. The summed E-state index contributed by atoms with van der Waals surface area (Å²) in [5.74, 6) is 0.955. The third-order valence-electron chi connectivity index (χ3n) is 5.60. The number of hydrogen-bond acceptors (Lipinski definition) is 1. The number of rotatable bonds is 5. The van der Waals surface area contributed by atoms with Gasteiger partial charge in [0, 0.05) is 11.1 Å². The molecule has 128 valence electrons. The fourth-order valence-corrected chi connectivity index (χ4v) is 4.52. The molecule has 2 aliphatic carbocycles. The highest BCUT2D eigenvalue weighted by Crippen LogP contribution is 2.39. The molecule has 2 saturated carbocycles. The Hall–Kier alpha value is -0.670. The summed E-state index contributed by atoms with van der Waals surface area (Å²) in [5.41, 5.74) is 1.10. The van der Waals surface area contributed by atoms with Gasteiger partial charge in [-0.15, -0.1) is 0 Å². The van der Waals surface area contributed by atoms with Crippen molar-refractivity contribution in [3.05, 3.63) is 34.6 Å². The van der Waals surface area contributed by atoms with Gasteiger partial charge in [-0.1, -0.05) is 17.7 Å². The number of hydrogen-bond donors (Lipinski definition) is 1. The predicted molar refractivity (Wildman–Crippen MR) is 91.3 cm³/mol. The number of halogens is 3. The van der Waals surface area contributed by atoms with Crippen LogP contribution in [0.25, 0.3) is 0 Å². The first-order valence-corrected chi connectivity index (χ1v) is 9.32. The van der Waals surface area contributed by atoms with Crippen LogP contribution in [0.15, 0.2) is 18.2 Å². The zero-order valence-corrected chi connectivity index (χ0v) is 14.3. The lowest BCUT2D eigenvalue weighted by molar-refractivity contribution is 0.298. The molecule has 1 nitrogen and oxygen atoms in total. The average molecular weight is 342 g/mol. The predicted octanol–water partition coefficient (Wildman–Crippen LogP) is 5.62. The van der Waals surface area contributed by atoms with E-state index >= 15 is 0 Å². The number of nitrogens with one attached hydrogen (secondary N) is 1. The zero-order chi connectivity index (χ0) is 16.2. The molecule has 0 aliphatic heterocycles. The van der Waals surface area contributed by atoms with Gasteiger partial charge in [-0.2, -0.15) is 0 Å². The molecule has 0 aromatic heterocycles. The van der Waals surface area contributed by atoms with Gasteiger partial charge in [0.2, 0.25) is 0 Å². The lowest BCUT2D eigenvalue weighted by Crippen LogP contribution is -2.29. The van der Waals surface area contributed by atoms with E-state index in [1.54, 1.807) is 0 Å². The summed E-state index contributed by atoms with van der Waals surface area (Å²) in [6.07, 6.45) is 7.65. The molecule has 2 unspecified atom stereocenters. The van der Waals surface area contributed by atoms with E-state index in [0.29, 0.717) is 23.4 Å². The third kappa shape index (κ3) is 4.67. The van der Waals surface area contributed by atoms with Crippen LogP contribution in [0.1, 0.15) is 62.8 Å². The van der Waals surface area contributed by atoms with Crippen LogP contribution in [0.4, 0.5) is 8.78 Å². The summed E-state index contributed by atoms with van der Waals surface area (Å²) in [5, 5.41) is 4.08. The Bertz CT molecular complexity index is 514. The lowest BCUT2D eigenvalue weighted by Gasteiger charge is -2.29. The maximum atomic E-state index is 13.2. The van der Waals surface area contributed by atoms with Crippen LogP contribution in [0.2, 0.25) is 5.02 Å². The Morgan fingerprint density at radius 2 is 1.87 bits per heavy atom. The molecule has 3 rings (SSSR count). The minimum absolute atomic E-state index is 0.263. The van der Waals surface area contributed by atoms with Gasteiger partial charge in [0.25, 0.3) is 0 Å². The summed E-state index contributed by atoms with van der Waals surface area (Å²) in [7, 11) is 0. The van der Waals surface area contributed by atoms with E-state index in [-0.39, 0.29) is 5.82 Å². The minimum atomic E-state index is -0.594. The molecule has 0 saturated heterocycles. The first-order chi connectivity index (χ1) is 11.1. The second kappa shape index (κ2) is 7.94. The maximum absolute atomic E-state index is 13.2. The van der Waals surface area contributed by atoms with Crippen LogP contribution in [0.3, 0.4) is 0 Å². The Balaban J connectivity index is 1.40. The highest BCUT2D eigenvalue weighted by molar-refractivity contribution is 6.31. The van der Waals surface area contributed by atoms with Crippen molar-refractivity contribution in [2.24, 2.45) is 5.92 Å². The first-order valence-electron chi connectivity index (χ1n) is 8.94. The Morgan fingerprint density at radius 1 is 1.09 bits per heavy atom. The normalized spacial score (nSPS) is 31.4. The molecule has 0 spiro atoms. The van der Waals surface area contributed by atoms with Gasteiger partial charge < -0.3 is 5.32 Å². The summed E-state index contributed by atoms with van der Waals surface area (Å²) in [6, 6.07) is 5.17. The van der Waals surface area contributed by atoms with Crippen LogP contribution >= 0.6 is 11.6 Å². The van der Waals surface area contributed by atoms with Crippen molar-refractivity contribution in [2.45, 2.75) is 69.5 Å². The smallest absolute Gasteiger partial charge is 0.124 e. The number of benzene rings is 1. The molecule has 0 heterocycles. The molecule has 23 heavy (non-hydrogen) atoms. The van der Waals surface area contributed by atoms with Gasteiger partial charge in [-0.05, 0) is 87.4 Å². The highest BCUT2D eigenvalue weighted by atomic mass is 35.5. The zero-order valence-electron chi connectivity index (χ0n) is 13.5. The summed E-state index contributed by atoms with van der Waals surface area (Å²) in [4.78, 5) is 0. The molecule has 2 atom stereocenters. The van der Waals surface area contributed by atoms with Gasteiger partial charge >= 0.3 is 0 Å². The third-order valence-corrected chi connectivity index (χ3v) is 5.93. The van der Waals surface area contributed by atoms with Crippen molar-refractivity contribution < 1.29 is 8.78 Å². The van der Waals surface area contributed by atoms with Gasteiger partial charge in [-0.25, -0.2) is 8.78 Å². The summed E-state index contributed by atoms with van der Waals surface area (Å²) in [6.45, 7) is 1.00. The second-order valence-electron chi connectivity index (χ2n) is 7.23.